The lowest BCUT2D eigenvalue weighted by Gasteiger charge is -2.29. The molecule has 1 amide bonds. The molecule has 6 nitrogen and oxygen atoms in total. The first kappa shape index (κ1) is 22.9. The zero-order valence-electron chi connectivity index (χ0n) is 18.6. The summed E-state index contributed by atoms with van der Waals surface area (Å²) in [5.74, 6) is 0.0535. The largest absolute Gasteiger partial charge is 0.492 e. The smallest absolute Gasteiger partial charge is 0.264 e. The lowest BCUT2D eigenvalue weighted by Crippen LogP contribution is -2.42. The molecule has 0 unspecified atom stereocenters. The number of sulfonamides is 1. The molecule has 0 aromatic heterocycles. The average molecular weight is 465 g/mol. The van der Waals surface area contributed by atoms with Gasteiger partial charge >= 0.3 is 0 Å². The molecule has 1 aliphatic carbocycles. The summed E-state index contributed by atoms with van der Waals surface area (Å²) in [4.78, 5) is 13.3. The first-order valence-electron chi connectivity index (χ1n) is 11.2. The van der Waals surface area contributed by atoms with Crippen molar-refractivity contribution in [3.8, 4) is 5.75 Å². The molecule has 3 aromatic carbocycles. The van der Waals surface area contributed by atoms with E-state index in [4.69, 9.17) is 4.74 Å². The Balaban J connectivity index is 1.66. The summed E-state index contributed by atoms with van der Waals surface area (Å²) >= 11 is 0. The molecule has 4 rings (SSSR count). The molecule has 3 aromatic rings. The standard InChI is InChI=1S/C26H28N2O4S/c1-2-32-25-18-9-8-17-24(25)28(33(30,31)21-13-4-3-5-14-21)19-26(29)27-23-16-10-12-20-11-6-7-15-22(20)23/h3-9,11,13-15,17-18,23H,2,10,12,16,19H2,1H3,(H,27,29)/t23-/m1/s1. The normalized spacial score (nSPS) is 15.4. The fourth-order valence-electron chi connectivity index (χ4n) is 4.23. The molecular weight excluding hydrogens is 436 g/mol. The van der Waals surface area contributed by atoms with Crippen molar-refractivity contribution in [1.29, 1.82) is 0 Å². The number of amides is 1. The predicted octanol–water partition coefficient (Wildman–Crippen LogP) is 4.47. The minimum absolute atomic E-state index is 0.118. The van der Waals surface area contributed by atoms with Crippen molar-refractivity contribution in [2.75, 3.05) is 17.5 Å². The van der Waals surface area contributed by atoms with Crippen LogP contribution in [0.1, 0.15) is 36.9 Å². The molecule has 33 heavy (non-hydrogen) atoms. The number of carbonyl (C=O) groups is 1. The van der Waals surface area contributed by atoms with Crippen LogP contribution >= 0.6 is 0 Å². The van der Waals surface area contributed by atoms with Gasteiger partial charge in [0.2, 0.25) is 5.91 Å². The van der Waals surface area contributed by atoms with E-state index >= 15 is 0 Å². The van der Waals surface area contributed by atoms with Gasteiger partial charge < -0.3 is 10.1 Å². The number of hydrogen-bond acceptors (Lipinski definition) is 4. The first-order chi connectivity index (χ1) is 16.0. The first-order valence-corrected chi connectivity index (χ1v) is 12.6. The van der Waals surface area contributed by atoms with E-state index in [-0.39, 0.29) is 23.4 Å². The van der Waals surface area contributed by atoms with Gasteiger partial charge in [0.05, 0.1) is 23.2 Å². The zero-order valence-corrected chi connectivity index (χ0v) is 19.4. The summed E-state index contributed by atoms with van der Waals surface area (Å²) in [6, 6.07) is 23.0. The Bertz CT molecular complexity index is 1210. The number of hydrogen-bond donors (Lipinski definition) is 1. The molecule has 1 atom stereocenters. The van der Waals surface area contributed by atoms with Crippen molar-refractivity contribution in [3.05, 3.63) is 90.0 Å². The second kappa shape index (κ2) is 10.1. The van der Waals surface area contributed by atoms with E-state index in [1.165, 1.54) is 17.7 Å². The molecule has 0 bridgehead atoms. The minimum atomic E-state index is -4.00. The number of nitrogens with one attached hydrogen (secondary N) is 1. The number of para-hydroxylation sites is 2. The highest BCUT2D eigenvalue weighted by atomic mass is 32.2. The lowest BCUT2D eigenvalue weighted by molar-refractivity contribution is -0.120. The van der Waals surface area contributed by atoms with E-state index in [9.17, 15) is 13.2 Å². The third kappa shape index (κ3) is 5.03. The molecule has 0 spiro atoms. The lowest BCUT2D eigenvalue weighted by atomic mass is 9.88. The van der Waals surface area contributed by atoms with Crippen LogP contribution in [0.2, 0.25) is 0 Å². The number of rotatable bonds is 8. The third-order valence-electron chi connectivity index (χ3n) is 5.76. The van der Waals surface area contributed by atoms with E-state index in [0.717, 1.165) is 29.1 Å². The van der Waals surface area contributed by atoms with Gasteiger partial charge in [0.15, 0.2) is 0 Å². The van der Waals surface area contributed by atoms with Gasteiger partial charge in [0.1, 0.15) is 12.3 Å². The van der Waals surface area contributed by atoms with Gasteiger partial charge in [-0.2, -0.15) is 0 Å². The van der Waals surface area contributed by atoms with Crippen molar-refractivity contribution >= 4 is 21.6 Å². The number of fused-ring (bicyclic) bond motifs is 1. The van der Waals surface area contributed by atoms with E-state index in [1.807, 2.05) is 25.1 Å². The maximum absolute atomic E-state index is 13.6. The summed E-state index contributed by atoms with van der Waals surface area (Å²) in [6.45, 7) is 1.86. The summed E-state index contributed by atoms with van der Waals surface area (Å²) in [7, 11) is -4.00. The van der Waals surface area contributed by atoms with Crippen LogP contribution in [-0.4, -0.2) is 27.5 Å². The topological polar surface area (TPSA) is 75.7 Å². The molecule has 0 saturated carbocycles. The van der Waals surface area contributed by atoms with E-state index in [1.54, 1.807) is 42.5 Å². The van der Waals surface area contributed by atoms with Gasteiger partial charge in [0.25, 0.3) is 10.0 Å². The highest BCUT2D eigenvalue weighted by Gasteiger charge is 2.30. The Kier molecular flexibility index (Phi) is 6.99. The Hall–Kier alpha value is -3.32. The summed E-state index contributed by atoms with van der Waals surface area (Å²) in [5, 5.41) is 3.06. The quantitative estimate of drug-likeness (QED) is 0.534. The van der Waals surface area contributed by atoms with Gasteiger partial charge in [-0.05, 0) is 61.6 Å². The van der Waals surface area contributed by atoms with Crippen LogP contribution in [0.3, 0.4) is 0 Å². The molecule has 1 N–H and O–H groups in total. The Morgan fingerprint density at radius 1 is 1.00 bits per heavy atom. The molecular formula is C26H28N2O4S. The van der Waals surface area contributed by atoms with Crippen molar-refractivity contribution in [3.63, 3.8) is 0 Å². The Morgan fingerprint density at radius 2 is 1.70 bits per heavy atom. The summed E-state index contributed by atoms with van der Waals surface area (Å²) in [6.07, 6.45) is 2.78. The van der Waals surface area contributed by atoms with Crippen molar-refractivity contribution in [2.24, 2.45) is 0 Å². The SMILES string of the molecule is CCOc1ccccc1N(CC(=O)N[C@@H]1CCCc2ccccc21)S(=O)(=O)c1ccccc1. The minimum Gasteiger partial charge on any atom is -0.492 e. The van der Waals surface area contributed by atoms with E-state index in [2.05, 4.69) is 11.4 Å². The number of aryl methyl sites for hydroxylation is 1. The van der Waals surface area contributed by atoms with E-state index in [0.29, 0.717) is 18.0 Å². The fourth-order valence-corrected chi connectivity index (χ4v) is 5.69. The highest BCUT2D eigenvalue weighted by molar-refractivity contribution is 7.92. The molecule has 0 fully saturated rings. The average Bonchev–Trinajstić information content (AvgIpc) is 2.84. The van der Waals surface area contributed by atoms with Crippen molar-refractivity contribution in [1.82, 2.24) is 5.32 Å². The summed E-state index contributed by atoms with van der Waals surface area (Å²) in [5.41, 5.74) is 2.66. The van der Waals surface area contributed by atoms with Gasteiger partial charge in [-0.25, -0.2) is 8.42 Å². The number of ether oxygens (including phenoxy) is 1. The Labute approximate surface area is 195 Å². The van der Waals surface area contributed by atoms with E-state index < -0.39 is 10.0 Å². The highest BCUT2D eigenvalue weighted by Crippen LogP contribution is 2.33. The molecule has 0 saturated heterocycles. The van der Waals surface area contributed by atoms with Gasteiger partial charge in [-0.3, -0.25) is 9.10 Å². The second-order valence-electron chi connectivity index (χ2n) is 7.94. The van der Waals surface area contributed by atoms with Gasteiger partial charge in [-0.1, -0.05) is 54.6 Å². The summed E-state index contributed by atoms with van der Waals surface area (Å²) < 4.78 is 34.0. The van der Waals surface area contributed by atoms with Crippen molar-refractivity contribution in [2.45, 2.75) is 37.1 Å². The monoisotopic (exact) mass is 464 g/mol. The molecule has 0 aliphatic heterocycles. The van der Waals surface area contributed by atoms with Crippen LogP contribution in [-0.2, 0) is 21.2 Å². The molecule has 172 valence electrons. The van der Waals surface area contributed by atoms with Gasteiger partial charge in [0, 0.05) is 0 Å². The van der Waals surface area contributed by atoms with Crippen molar-refractivity contribution < 1.29 is 17.9 Å². The van der Waals surface area contributed by atoms with Crippen LogP contribution < -0.4 is 14.4 Å². The molecule has 0 heterocycles. The maximum atomic E-state index is 13.6. The van der Waals surface area contributed by atoms with Crippen LogP contribution in [0.15, 0.2) is 83.8 Å². The number of nitrogens with zero attached hydrogens (tertiary/aromatic N) is 1. The van der Waals surface area contributed by atoms with Crippen LogP contribution in [0.4, 0.5) is 5.69 Å². The molecule has 0 radical (unpaired) electrons. The third-order valence-corrected chi connectivity index (χ3v) is 7.53. The fraction of sp³-hybridized carbons (Fsp3) is 0.269. The Morgan fingerprint density at radius 3 is 2.48 bits per heavy atom. The molecule has 1 aliphatic rings. The number of anilines is 1. The number of carbonyl (C=O) groups excluding carboxylic acids is 1. The maximum Gasteiger partial charge on any atom is 0.264 e. The van der Waals surface area contributed by atoms with Gasteiger partial charge in [-0.15, -0.1) is 0 Å². The van der Waals surface area contributed by atoms with Crippen LogP contribution in [0.5, 0.6) is 5.75 Å². The predicted molar refractivity (Wildman–Crippen MR) is 129 cm³/mol. The second-order valence-corrected chi connectivity index (χ2v) is 9.80. The zero-order chi connectivity index (χ0) is 23.3. The molecule has 7 heteroatoms. The number of benzene rings is 3. The van der Waals surface area contributed by atoms with Crippen LogP contribution in [0.25, 0.3) is 0 Å². The van der Waals surface area contributed by atoms with Crippen LogP contribution in [0, 0.1) is 0 Å².